The molecule has 0 bridgehead atoms. The number of halogens is 3. The monoisotopic (exact) mass is 446 g/mol. The quantitative estimate of drug-likeness (QED) is 0.520. The highest BCUT2D eigenvalue weighted by molar-refractivity contribution is 9.10. The van der Waals surface area contributed by atoms with Crippen LogP contribution in [0, 0.1) is 0 Å². The summed E-state index contributed by atoms with van der Waals surface area (Å²) in [5, 5.41) is 0.775. The zero-order valence-corrected chi connectivity index (χ0v) is 14.9. The summed E-state index contributed by atoms with van der Waals surface area (Å²) in [5.41, 5.74) is 2.33. The molecule has 0 aliphatic carbocycles. The van der Waals surface area contributed by atoms with Gasteiger partial charge in [-0.25, -0.2) is 0 Å². The predicted octanol–water partition coefficient (Wildman–Crippen LogP) is 5.86. The molecule has 0 N–H and O–H groups in total. The van der Waals surface area contributed by atoms with E-state index in [1.54, 1.807) is 0 Å². The maximum Gasteiger partial charge on any atom is 0.0926 e. The molecule has 100 valence electrons. The van der Waals surface area contributed by atoms with Gasteiger partial charge in [-0.1, -0.05) is 72.1 Å². The number of rotatable bonds is 5. The zero-order valence-electron chi connectivity index (χ0n) is 10.2. The smallest absolute Gasteiger partial charge is 0.0926 e. The van der Waals surface area contributed by atoms with Crippen LogP contribution in [0.4, 0.5) is 0 Å². The lowest BCUT2D eigenvalue weighted by atomic mass is 10.1. The normalized spacial score (nSPS) is 12.4. The Bertz CT molecular complexity index is 542. The second-order valence-electron chi connectivity index (χ2n) is 4.14. The minimum Gasteiger partial charge on any atom is -0.368 e. The summed E-state index contributed by atoms with van der Waals surface area (Å²) in [7, 11) is 0. The minimum absolute atomic E-state index is 0.0523. The lowest BCUT2D eigenvalue weighted by Gasteiger charge is -2.16. The second-order valence-corrected chi connectivity index (χ2v) is 6.62. The fourth-order valence-corrected chi connectivity index (χ4v) is 3.18. The van der Waals surface area contributed by atoms with Gasteiger partial charge in [-0.3, -0.25) is 0 Å². The molecule has 2 aromatic carbocycles. The van der Waals surface area contributed by atoms with Crippen molar-refractivity contribution in [3.8, 4) is 0 Å². The van der Waals surface area contributed by atoms with Crippen molar-refractivity contribution in [3.63, 3.8) is 0 Å². The van der Waals surface area contributed by atoms with Crippen molar-refractivity contribution in [1.29, 1.82) is 0 Å². The summed E-state index contributed by atoms with van der Waals surface area (Å²) >= 11 is 10.5. The highest BCUT2D eigenvalue weighted by Gasteiger charge is 2.11. The van der Waals surface area contributed by atoms with E-state index in [0.29, 0.717) is 6.61 Å². The van der Waals surface area contributed by atoms with Crippen LogP contribution in [0.5, 0.6) is 0 Å². The average molecular weight is 449 g/mol. The molecule has 0 radical (unpaired) electrons. The van der Waals surface area contributed by atoms with Crippen LogP contribution in [0.15, 0.2) is 57.5 Å². The first kappa shape index (κ1) is 15.2. The van der Waals surface area contributed by atoms with Crippen LogP contribution in [-0.4, -0.2) is 5.33 Å². The molecule has 0 saturated heterocycles. The summed E-state index contributed by atoms with van der Waals surface area (Å²) in [6.45, 7) is 0.599. The van der Waals surface area contributed by atoms with E-state index >= 15 is 0 Å². The molecule has 0 saturated carbocycles. The minimum atomic E-state index is 0.0523. The van der Waals surface area contributed by atoms with Gasteiger partial charge in [-0.05, 0) is 35.4 Å². The molecule has 0 spiro atoms. The highest BCUT2D eigenvalue weighted by Crippen LogP contribution is 2.24. The van der Waals surface area contributed by atoms with Crippen LogP contribution in [0.1, 0.15) is 17.2 Å². The Labute approximate surface area is 138 Å². The van der Waals surface area contributed by atoms with Crippen LogP contribution < -0.4 is 0 Å². The third-order valence-electron chi connectivity index (χ3n) is 2.70. The summed E-state index contributed by atoms with van der Waals surface area (Å²) in [4.78, 5) is 0. The summed E-state index contributed by atoms with van der Waals surface area (Å²) in [6.07, 6.45) is 0.0523. The van der Waals surface area contributed by atoms with Crippen LogP contribution in [0.25, 0.3) is 0 Å². The van der Waals surface area contributed by atoms with Crippen molar-refractivity contribution in [2.45, 2.75) is 12.7 Å². The van der Waals surface area contributed by atoms with Crippen LogP contribution in [-0.2, 0) is 11.3 Å². The molecule has 0 heterocycles. The summed E-state index contributed by atoms with van der Waals surface area (Å²) in [6, 6.07) is 16.4. The number of ether oxygens (including phenoxy) is 1. The number of alkyl halides is 1. The lowest BCUT2D eigenvalue weighted by Crippen LogP contribution is -2.06. The molecule has 1 nitrogen and oxygen atoms in total. The fourth-order valence-electron chi connectivity index (χ4n) is 1.76. The van der Waals surface area contributed by atoms with Gasteiger partial charge in [0.2, 0.25) is 0 Å². The molecule has 0 aromatic heterocycles. The Balaban J connectivity index is 2.04. The molecule has 0 fully saturated rings. The maximum absolute atomic E-state index is 5.98. The standard InChI is InChI=1S/C15H13Br3O/c16-9-15(12-4-2-6-14(18)8-12)19-10-11-3-1-5-13(17)7-11/h1-8,15H,9-10H2. The molecule has 0 aliphatic rings. The van der Waals surface area contributed by atoms with Crippen LogP contribution in [0.2, 0.25) is 0 Å². The van der Waals surface area contributed by atoms with Crippen molar-refractivity contribution in [1.82, 2.24) is 0 Å². The second kappa shape index (κ2) is 7.58. The van der Waals surface area contributed by atoms with Gasteiger partial charge >= 0.3 is 0 Å². The van der Waals surface area contributed by atoms with Gasteiger partial charge in [-0.2, -0.15) is 0 Å². The predicted molar refractivity (Wildman–Crippen MR) is 89.6 cm³/mol. The molecule has 19 heavy (non-hydrogen) atoms. The van der Waals surface area contributed by atoms with Gasteiger partial charge in [0.1, 0.15) is 0 Å². The molecule has 2 aromatic rings. The first-order chi connectivity index (χ1) is 9.19. The summed E-state index contributed by atoms with van der Waals surface area (Å²) in [5.74, 6) is 0. The Hall–Kier alpha value is -0.160. The lowest BCUT2D eigenvalue weighted by molar-refractivity contribution is 0.0565. The average Bonchev–Trinajstić information content (AvgIpc) is 2.40. The maximum atomic E-state index is 5.98. The molecular weight excluding hydrogens is 436 g/mol. The van der Waals surface area contributed by atoms with E-state index in [0.717, 1.165) is 19.8 Å². The van der Waals surface area contributed by atoms with Gasteiger partial charge in [-0.15, -0.1) is 0 Å². The number of benzene rings is 2. The Morgan fingerprint density at radius 1 is 0.947 bits per heavy atom. The van der Waals surface area contributed by atoms with Gasteiger partial charge < -0.3 is 4.74 Å². The van der Waals surface area contributed by atoms with Gasteiger partial charge in [0.05, 0.1) is 12.7 Å². The molecule has 0 aliphatic heterocycles. The van der Waals surface area contributed by atoms with Crippen LogP contribution in [0.3, 0.4) is 0 Å². The van der Waals surface area contributed by atoms with Crippen LogP contribution >= 0.6 is 47.8 Å². The van der Waals surface area contributed by atoms with E-state index in [-0.39, 0.29) is 6.10 Å². The van der Waals surface area contributed by atoms with Gasteiger partial charge in [0.15, 0.2) is 0 Å². The van der Waals surface area contributed by atoms with E-state index in [4.69, 9.17) is 4.74 Å². The first-order valence-electron chi connectivity index (χ1n) is 5.86. The first-order valence-corrected chi connectivity index (χ1v) is 8.57. The van der Waals surface area contributed by atoms with Crippen molar-refractivity contribution in [2.24, 2.45) is 0 Å². The summed E-state index contributed by atoms with van der Waals surface area (Å²) < 4.78 is 8.13. The largest absolute Gasteiger partial charge is 0.368 e. The number of hydrogen-bond donors (Lipinski definition) is 0. The van der Waals surface area contributed by atoms with E-state index < -0.39 is 0 Å². The Kier molecular flexibility index (Phi) is 6.07. The van der Waals surface area contributed by atoms with E-state index in [1.807, 2.05) is 24.3 Å². The zero-order chi connectivity index (χ0) is 13.7. The molecule has 2 rings (SSSR count). The van der Waals surface area contributed by atoms with E-state index in [1.165, 1.54) is 5.56 Å². The Morgan fingerprint density at radius 3 is 2.26 bits per heavy atom. The molecule has 1 atom stereocenters. The van der Waals surface area contributed by atoms with Crippen molar-refractivity contribution < 1.29 is 4.74 Å². The van der Waals surface area contributed by atoms with Crippen molar-refractivity contribution in [3.05, 3.63) is 68.6 Å². The van der Waals surface area contributed by atoms with E-state index in [9.17, 15) is 0 Å². The molecule has 4 heteroatoms. The van der Waals surface area contributed by atoms with Gasteiger partial charge in [0.25, 0.3) is 0 Å². The molecular formula is C15H13Br3O. The molecule has 0 amide bonds. The topological polar surface area (TPSA) is 9.23 Å². The van der Waals surface area contributed by atoms with Crippen molar-refractivity contribution >= 4 is 47.8 Å². The molecule has 1 unspecified atom stereocenters. The third-order valence-corrected chi connectivity index (χ3v) is 4.28. The van der Waals surface area contributed by atoms with Crippen molar-refractivity contribution in [2.75, 3.05) is 5.33 Å². The Morgan fingerprint density at radius 2 is 1.63 bits per heavy atom. The third kappa shape index (κ3) is 4.71. The van der Waals surface area contributed by atoms with Gasteiger partial charge in [0, 0.05) is 14.3 Å². The highest BCUT2D eigenvalue weighted by atomic mass is 79.9. The van der Waals surface area contributed by atoms with E-state index in [2.05, 4.69) is 72.1 Å². The number of hydrogen-bond acceptors (Lipinski definition) is 1. The fraction of sp³-hybridized carbons (Fsp3) is 0.200. The SMILES string of the molecule is BrCC(OCc1cccc(Br)c1)c1cccc(Br)c1.